The van der Waals surface area contributed by atoms with E-state index < -0.39 is 15.8 Å². The van der Waals surface area contributed by atoms with Gasteiger partial charge in [-0.3, -0.25) is 4.72 Å². The summed E-state index contributed by atoms with van der Waals surface area (Å²) in [6.07, 6.45) is 0.920. The summed E-state index contributed by atoms with van der Waals surface area (Å²) in [5, 5.41) is 0. The average Bonchev–Trinajstić information content (AvgIpc) is 2.41. The monoisotopic (exact) mass is 311 g/mol. The van der Waals surface area contributed by atoms with Gasteiger partial charge in [0.05, 0.1) is 11.1 Å². The summed E-state index contributed by atoms with van der Waals surface area (Å²) in [5.74, 6) is -0.532. The first-order valence-corrected chi connectivity index (χ1v) is 7.32. The Hall–Kier alpha value is -2.06. The third kappa shape index (κ3) is 3.28. The largest absolute Gasteiger partial charge is 0.389 e. The van der Waals surface area contributed by atoms with E-state index in [0.717, 1.165) is 12.3 Å². The van der Waals surface area contributed by atoms with Crippen LogP contribution in [0.25, 0.3) is 0 Å². The van der Waals surface area contributed by atoms with Crippen molar-refractivity contribution in [2.24, 2.45) is 5.73 Å². The second-order valence-electron chi connectivity index (χ2n) is 3.86. The number of hydrogen-bond donors (Lipinski definition) is 2. The molecule has 0 aliphatic heterocycles. The molecule has 0 saturated heterocycles. The molecule has 3 N–H and O–H groups in total. The lowest BCUT2D eigenvalue weighted by atomic mass is 10.2. The molecule has 0 spiro atoms. The van der Waals surface area contributed by atoms with Crippen LogP contribution in [0.15, 0.2) is 47.5 Å². The van der Waals surface area contributed by atoms with Gasteiger partial charge in [-0.05, 0) is 24.3 Å². The highest BCUT2D eigenvalue weighted by Crippen LogP contribution is 2.15. The van der Waals surface area contributed by atoms with Gasteiger partial charge < -0.3 is 5.73 Å². The predicted molar refractivity (Wildman–Crippen MR) is 77.3 cm³/mol. The Kier molecular flexibility index (Phi) is 3.96. The predicted octanol–water partition coefficient (Wildman–Crippen LogP) is 1.66. The molecule has 20 heavy (non-hydrogen) atoms. The Morgan fingerprint density at radius 1 is 1.30 bits per heavy atom. The molecule has 2 aromatic rings. The summed E-state index contributed by atoms with van der Waals surface area (Å²) in [4.78, 5) is 3.72. The van der Waals surface area contributed by atoms with Crippen LogP contribution in [0.3, 0.4) is 0 Å². The van der Waals surface area contributed by atoms with Gasteiger partial charge in [0.15, 0.2) is 0 Å². The van der Waals surface area contributed by atoms with Crippen molar-refractivity contribution in [1.29, 1.82) is 0 Å². The van der Waals surface area contributed by atoms with Gasteiger partial charge in [-0.25, -0.2) is 17.8 Å². The number of pyridine rings is 1. The highest BCUT2D eigenvalue weighted by atomic mass is 32.2. The lowest BCUT2D eigenvalue weighted by molar-refractivity contribution is 0.600. The van der Waals surface area contributed by atoms with Crippen LogP contribution in [-0.4, -0.2) is 18.4 Å². The Labute approximate surface area is 120 Å². The SMILES string of the molecule is NC(=S)c1cccc(S(=O)(=O)Nc2ccc(F)cn2)c1. The van der Waals surface area contributed by atoms with Crippen LogP contribution < -0.4 is 10.5 Å². The Bertz CT molecular complexity index is 746. The highest BCUT2D eigenvalue weighted by Gasteiger charge is 2.15. The summed E-state index contributed by atoms with van der Waals surface area (Å²) in [6, 6.07) is 8.22. The van der Waals surface area contributed by atoms with E-state index in [1.807, 2.05) is 0 Å². The first-order valence-electron chi connectivity index (χ1n) is 5.43. The van der Waals surface area contributed by atoms with E-state index in [1.54, 1.807) is 6.07 Å². The molecular weight excluding hydrogens is 301 g/mol. The number of nitrogens with zero attached hydrogens (tertiary/aromatic N) is 1. The summed E-state index contributed by atoms with van der Waals surface area (Å²) in [7, 11) is -3.83. The normalized spacial score (nSPS) is 11.1. The fourth-order valence-corrected chi connectivity index (χ4v) is 2.63. The minimum absolute atomic E-state index is 0.00562. The summed E-state index contributed by atoms with van der Waals surface area (Å²) in [6.45, 7) is 0. The molecule has 1 aromatic heterocycles. The first kappa shape index (κ1) is 14.4. The van der Waals surface area contributed by atoms with Crippen LogP contribution in [-0.2, 0) is 10.0 Å². The van der Waals surface area contributed by atoms with Crippen molar-refractivity contribution in [3.05, 3.63) is 54.0 Å². The number of halogens is 1. The molecule has 0 amide bonds. The molecule has 0 bridgehead atoms. The first-order chi connectivity index (χ1) is 9.38. The van der Waals surface area contributed by atoms with E-state index in [1.165, 1.54) is 24.3 Å². The van der Waals surface area contributed by atoms with Crippen molar-refractivity contribution >= 4 is 33.0 Å². The standard InChI is InChI=1S/C12H10FN3O2S2/c13-9-4-5-11(15-7-9)16-20(17,18)10-3-1-2-8(6-10)12(14)19/h1-7H,(H2,14,19)(H,15,16). The highest BCUT2D eigenvalue weighted by molar-refractivity contribution is 7.92. The molecule has 0 saturated carbocycles. The molecule has 104 valence electrons. The van der Waals surface area contributed by atoms with Crippen LogP contribution >= 0.6 is 12.2 Å². The molecule has 0 aliphatic rings. The maximum atomic E-state index is 12.7. The van der Waals surface area contributed by atoms with Gasteiger partial charge >= 0.3 is 0 Å². The van der Waals surface area contributed by atoms with Gasteiger partial charge in [-0.2, -0.15) is 0 Å². The fourth-order valence-electron chi connectivity index (χ4n) is 1.45. The van der Waals surface area contributed by atoms with Crippen molar-refractivity contribution in [2.45, 2.75) is 4.90 Å². The van der Waals surface area contributed by atoms with Crippen molar-refractivity contribution in [1.82, 2.24) is 4.98 Å². The molecule has 0 unspecified atom stereocenters. The lowest BCUT2D eigenvalue weighted by Gasteiger charge is -2.08. The van der Waals surface area contributed by atoms with Crippen LogP contribution in [0.1, 0.15) is 5.56 Å². The van der Waals surface area contributed by atoms with Crippen LogP contribution in [0.5, 0.6) is 0 Å². The molecule has 5 nitrogen and oxygen atoms in total. The van der Waals surface area contributed by atoms with Gasteiger partial charge in [-0.15, -0.1) is 0 Å². The fraction of sp³-hybridized carbons (Fsp3) is 0. The molecule has 0 atom stereocenters. The molecule has 2 rings (SSSR count). The van der Waals surface area contributed by atoms with Gasteiger partial charge in [0, 0.05) is 5.56 Å². The van der Waals surface area contributed by atoms with E-state index in [4.69, 9.17) is 18.0 Å². The van der Waals surface area contributed by atoms with Crippen molar-refractivity contribution < 1.29 is 12.8 Å². The molecular formula is C12H10FN3O2S2. The van der Waals surface area contributed by atoms with E-state index >= 15 is 0 Å². The van der Waals surface area contributed by atoms with E-state index in [2.05, 4.69) is 9.71 Å². The summed E-state index contributed by atoms with van der Waals surface area (Å²) in [5.41, 5.74) is 5.90. The Morgan fingerprint density at radius 3 is 2.65 bits per heavy atom. The van der Waals surface area contributed by atoms with Crippen LogP contribution in [0, 0.1) is 5.82 Å². The summed E-state index contributed by atoms with van der Waals surface area (Å²) >= 11 is 4.80. The number of thiocarbonyl (C=S) groups is 1. The minimum Gasteiger partial charge on any atom is -0.389 e. The van der Waals surface area contributed by atoms with E-state index in [9.17, 15) is 12.8 Å². The van der Waals surface area contributed by atoms with Crippen LogP contribution in [0.4, 0.5) is 10.2 Å². The number of benzene rings is 1. The van der Waals surface area contributed by atoms with Crippen molar-refractivity contribution in [3.63, 3.8) is 0 Å². The van der Waals surface area contributed by atoms with Crippen molar-refractivity contribution in [2.75, 3.05) is 4.72 Å². The quantitative estimate of drug-likeness (QED) is 0.839. The number of aromatic nitrogens is 1. The van der Waals surface area contributed by atoms with Crippen LogP contribution in [0.2, 0.25) is 0 Å². The number of rotatable bonds is 4. The molecule has 8 heteroatoms. The van der Waals surface area contributed by atoms with Gasteiger partial charge in [0.1, 0.15) is 16.6 Å². The molecule has 1 aromatic carbocycles. The van der Waals surface area contributed by atoms with E-state index in [-0.39, 0.29) is 15.7 Å². The molecule has 0 aliphatic carbocycles. The average molecular weight is 311 g/mol. The zero-order chi connectivity index (χ0) is 14.8. The van der Waals surface area contributed by atoms with Crippen molar-refractivity contribution in [3.8, 4) is 0 Å². The topological polar surface area (TPSA) is 85.1 Å². The molecule has 0 radical (unpaired) electrons. The third-order valence-electron chi connectivity index (χ3n) is 2.40. The minimum atomic E-state index is -3.83. The van der Waals surface area contributed by atoms with E-state index in [0.29, 0.717) is 5.56 Å². The zero-order valence-electron chi connectivity index (χ0n) is 10.1. The third-order valence-corrected chi connectivity index (χ3v) is 3.98. The smallest absolute Gasteiger partial charge is 0.263 e. The number of anilines is 1. The maximum absolute atomic E-state index is 12.7. The lowest BCUT2D eigenvalue weighted by Crippen LogP contribution is -2.16. The maximum Gasteiger partial charge on any atom is 0.263 e. The molecule has 1 heterocycles. The number of nitrogens with one attached hydrogen (secondary N) is 1. The molecule has 0 fully saturated rings. The van der Waals surface area contributed by atoms with Gasteiger partial charge in [-0.1, -0.05) is 24.4 Å². The van der Waals surface area contributed by atoms with Gasteiger partial charge in [0.2, 0.25) is 0 Å². The number of nitrogens with two attached hydrogens (primary N) is 1. The Morgan fingerprint density at radius 2 is 2.05 bits per heavy atom. The Balaban J connectivity index is 2.33. The number of sulfonamides is 1. The zero-order valence-corrected chi connectivity index (χ0v) is 11.7. The second kappa shape index (κ2) is 5.51. The number of hydrogen-bond acceptors (Lipinski definition) is 4. The van der Waals surface area contributed by atoms with Gasteiger partial charge in [0.25, 0.3) is 10.0 Å². The summed E-state index contributed by atoms with van der Waals surface area (Å²) < 4.78 is 39.2. The second-order valence-corrected chi connectivity index (χ2v) is 5.98.